The van der Waals surface area contributed by atoms with Crippen LogP contribution in [-0.4, -0.2) is 38.0 Å². The molecule has 0 saturated heterocycles. The minimum atomic E-state index is -0.534. The molecule has 4 aromatic rings. The Morgan fingerprint density at radius 3 is 2.68 bits per heavy atom. The number of H-pyrrole nitrogens is 1. The third-order valence-corrected chi connectivity index (χ3v) is 4.54. The number of benzene rings is 1. The van der Waals surface area contributed by atoms with Crippen molar-refractivity contribution in [1.29, 1.82) is 0 Å². The Morgan fingerprint density at radius 2 is 1.93 bits per heavy atom. The van der Waals surface area contributed by atoms with Gasteiger partial charge < -0.3 is 15.0 Å². The number of rotatable bonds is 4. The van der Waals surface area contributed by atoms with Gasteiger partial charge in [0, 0.05) is 11.9 Å². The standard InChI is InChI=1S/C18H12Cl2N6O2/c1-28-18(27)12-7-9(5-6-21-12)24-16-14-17(23-8-22-16)26-15(25-14)13-10(19)3-2-4-11(13)20/h2-8H,1H3,(H2,21,22,23,24,25,26). The van der Waals surface area contributed by atoms with Crippen LogP contribution in [0.4, 0.5) is 11.5 Å². The molecule has 0 unspecified atom stereocenters. The lowest BCUT2D eigenvalue weighted by Crippen LogP contribution is -2.05. The highest BCUT2D eigenvalue weighted by molar-refractivity contribution is 6.39. The van der Waals surface area contributed by atoms with E-state index in [-0.39, 0.29) is 5.69 Å². The van der Waals surface area contributed by atoms with Gasteiger partial charge in [0.25, 0.3) is 0 Å². The molecule has 140 valence electrons. The SMILES string of the molecule is COC(=O)c1cc(Nc2ncnc3nc(-c4c(Cl)cccc4Cl)[nH]c23)ccn1. The molecule has 0 fully saturated rings. The second kappa shape index (κ2) is 7.41. The molecule has 0 bridgehead atoms. The van der Waals surface area contributed by atoms with E-state index in [1.165, 1.54) is 19.6 Å². The topological polar surface area (TPSA) is 106 Å². The molecule has 0 saturated carbocycles. The number of pyridine rings is 1. The van der Waals surface area contributed by atoms with E-state index in [1.54, 1.807) is 30.3 Å². The number of carbonyl (C=O) groups excluding carboxylic acids is 1. The molecular formula is C18H12Cl2N6O2. The van der Waals surface area contributed by atoms with Crippen LogP contribution in [0, 0.1) is 0 Å². The summed E-state index contributed by atoms with van der Waals surface area (Å²) < 4.78 is 4.69. The van der Waals surface area contributed by atoms with Crippen LogP contribution in [0.25, 0.3) is 22.6 Å². The molecule has 2 N–H and O–H groups in total. The monoisotopic (exact) mass is 414 g/mol. The number of aromatic amines is 1. The second-order valence-corrected chi connectivity index (χ2v) is 6.46. The quantitative estimate of drug-likeness (QED) is 0.480. The molecule has 3 heterocycles. The summed E-state index contributed by atoms with van der Waals surface area (Å²) >= 11 is 12.6. The minimum Gasteiger partial charge on any atom is -0.464 e. The van der Waals surface area contributed by atoms with Gasteiger partial charge in [-0.1, -0.05) is 29.3 Å². The molecule has 8 nitrogen and oxygen atoms in total. The van der Waals surface area contributed by atoms with Gasteiger partial charge in [0.1, 0.15) is 23.4 Å². The van der Waals surface area contributed by atoms with Crippen LogP contribution in [0.1, 0.15) is 10.5 Å². The molecule has 10 heteroatoms. The van der Waals surface area contributed by atoms with Gasteiger partial charge in [-0.05, 0) is 24.3 Å². The first-order chi connectivity index (χ1) is 13.6. The predicted molar refractivity (Wildman–Crippen MR) is 106 cm³/mol. The zero-order chi connectivity index (χ0) is 19.7. The van der Waals surface area contributed by atoms with Crippen molar-refractivity contribution >= 4 is 51.8 Å². The molecule has 0 atom stereocenters. The third kappa shape index (κ3) is 3.35. The van der Waals surface area contributed by atoms with Gasteiger partial charge in [-0.15, -0.1) is 0 Å². The van der Waals surface area contributed by atoms with Crippen LogP contribution in [0.2, 0.25) is 10.0 Å². The van der Waals surface area contributed by atoms with Crippen LogP contribution in [0.3, 0.4) is 0 Å². The average molecular weight is 415 g/mol. The molecule has 4 rings (SSSR count). The smallest absolute Gasteiger partial charge is 0.356 e. The number of methoxy groups -OCH3 is 1. The molecule has 0 spiro atoms. The van der Waals surface area contributed by atoms with Crippen molar-refractivity contribution in [2.45, 2.75) is 0 Å². The average Bonchev–Trinajstić information content (AvgIpc) is 3.12. The Labute approximate surface area is 168 Å². The Kier molecular flexibility index (Phi) is 4.81. The van der Waals surface area contributed by atoms with E-state index in [0.717, 1.165) is 0 Å². The van der Waals surface area contributed by atoms with E-state index in [4.69, 9.17) is 27.9 Å². The van der Waals surface area contributed by atoms with Crippen LogP contribution in [0.5, 0.6) is 0 Å². The molecule has 0 aliphatic heterocycles. The second-order valence-electron chi connectivity index (χ2n) is 5.65. The number of imidazole rings is 1. The number of halogens is 2. The highest BCUT2D eigenvalue weighted by Crippen LogP contribution is 2.34. The molecule has 28 heavy (non-hydrogen) atoms. The summed E-state index contributed by atoms with van der Waals surface area (Å²) in [5.74, 6) is 0.404. The van der Waals surface area contributed by atoms with E-state index in [2.05, 4.69) is 30.2 Å². The van der Waals surface area contributed by atoms with Gasteiger partial charge in [0.2, 0.25) is 0 Å². The Balaban J connectivity index is 1.75. The minimum absolute atomic E-state index is 0.172. The molecule has 0 amide bonds. The molecule has 1 aromatic carbocycles. The summed E-state index contributed by atoms with van der Waals surface area (Å²) in [5, 5.41) is 4.05. The van der Waals surface area contributed by atoms with Gasteiger partial charge in [0.05, 0.1) is 22.7 Å². The van der Waals surface area contributed by atoms with Crippen LogP contribution >= 0.6 is 23.2 Å². The van der Waals surface area contributed by atoms with Crippen molar-refractivity contribution in [1.82, 2.24) is 24.9 Å². The fourth-order valence-corrected chi connectivity index (χ4v) is 3.20. The molecule has 3 aromatic heterocycles. The number of nitrogens with one attached hydrogen (secondary N) is 2. The number of ether oxygens (including phenoxy) is 1. The van der Waals surface area contributed by atoms with Crippen LogP contribution in [0.15, 0.2) is 42.9 Å². The van der Waals surface area contributed by atoms with Crippen molar-refractivity contribution in [3.63, 3.8) is 0 Å². The number of esters is 1. The summed E-state index contributed by atoms with van der Waals surface area (Å²) in [6.45, 7) is 0. The fraction of sp³-hybridized carbons (Fsp3) is 0.0556. The first-order valence-corrected chi connectivity index (χ1v) is 8.79. The number of fused-ring (bicyclic) bond motifs is 1. The van der Waals surface area contributed by atoms with E-state index in [0.29, 0.717) is 44.1 Å². The highest BCUT2D eigenvalue weighted by Gasteiger charge is 2.16. The van der Waals surface area contributed by atoms with Gasteiger partial charge in [-0.2, -0.15) is 0 Å². The number of anilines is 2. The van der Waals surface area contributed by atoms with Gasteiger partial charge in [-0.25, -0.2) is 24.7 Å². The summed E-state index contributed by atoms with van der Waals surface area (Å²) in [5.41, 5.74) is 2.34. The zero-order valence-corrected chi connectivity index (χ0v) is 15.9. The number of carbonyl (C=O) groups is 1. The Morgan fingerprint density at radius 1 is 1.14 bits per heavy atom. The maximum Gasteiger partial charge on any atom is 0.356 e. The lowest BCUT2D eigenvalue weighted by atomic mass is 10.2. The molecule has 0 aliphatic rings. The summed E-state index contributed by atoms with van der Waals surface area (Å²) in [6.07, 6.45) is 2.88. The van der Waals surface area contributed by atoms with Crippen LogP contribution < -0.4 is 5.32 Å². The van der Waals surface area contributed by atoms with Crippen molar-refractivity contribution in [3.8, 4) is 11.4 Å². The summed E-state index contributed by atoms with van der Waals surface area (Å²) in [6, 6.07) is 8.47. The molecule has 0 aliphatic carbocycles. The fourth-order valence-electron chi connectivity index (χ4n) is 2.63. The maximum absolute atomic E-state index is 11.7. The predicted octanol–water partition coefficient (Wildman–Crippen LogP) is 4.25. The number of nitrogens with zero attached hydrogens (tertiary/aromatic N) is 4. The third-order valence-electron chi connectivity index (χ3n) is 3.91. The Bertz CT molecular complexity index is 1170. The van der Waals surface area contributed by atoms with Crippen molar-refractivity contribution < 1.29 is 9.53 Å². The summed E-state index contributed by atoms with van der Waals surface area (Å²) in [7, 11) is 1.30. The maximum atomic E-state index is 11.7. The summed E-state index contributed by atoms with van der Waals surface area (Å²) in [4.78, 5) is 31.7. The lowest BCUT2D eigenvalue weighted by Gasteiger charge is -2.07. The van der Waals surface area contributed by atoms with Gasteiger partial charge in [0.15, 0.2) is 11.5 Å². The molecule has 0 radical (unpaired) electrons. The van der Waals surface area contributed by atoms with Gasteiger partial charge >= 0.3 is 5.97 Å². The lowest BCUT2D eigenvalue weighted by molar-refractivity contribution is 0.0594. The molecular weight excluding hydrogens is 403 g/mol. The van der Waals surface area contributed by atoms with Gasteiger partial charge in [-0.3, -0.25) is 0 Å². The largest absolute Gasteiger partial charge is 0.464 e. The van der Waals surface area contributed by atoms with E-state index < -0.39 is 5.97 Å². The van der Waals surface area contributed by atoms with E-state index >= 15 is 0 Å². The van der Waals surface area contributed by atoms with Crippen molar-refractivity contribution in [2.75, 3.05) is 12.4 Å². The number of hydrogen-bond acceptors (Lipinski definition) is 7. The van der Waals surface area contributed by atoms with Crippen LogP contribution in [-0.2, 0) is 4.74 Å². The Hall–Kier alpha value is -3.23. The van der Waals surface area contributed by atoms with E-state index in [9.17, 15) is 4.79 Å². The zero-order valence-electron chi connectivity index (χ0n) is 14.4. The van der Waals surface area contributed by atoms with Crippen molar-refractivity contribution in [3.05, 3.63) is 58.6 Å². The first kappa shape index (κ1) is 18.1. The highest BCUT2D eigenvalue weighted by atomic mass is 35.5. The van der Waals surface area contributed by atoms with E-state index in [1.807, 2.05) is 0 Å². The normalized spacial score (nSPS) is 10.8. The first-order valence-electron chi connectivity index (χ1n) is 8.03. The van der Waals surface area contributed by atoms with Crippen molar-refractivity contribution in [2.24, 2.45) is 0 Å². The number of hydrogen-bond donors (Lipinski definition) is 2. The number of aromatic nitrogens is 5.